The molecule has 0 heterocycles. The van der Waals surface area contributed by atoms with Crippen LogP contribution in [-0.4, -0.2) is 54.3 Å². The fraction of sp³-hybridized carbons (Fsp3) is 0.600. The molecule has 0 saturated carbocycles. The molecule has 0 aliphatic heterocycles. The van der Waals surface area contributed by atoms with E-state index in [1.165, 1.54) is 7.11 Å². The predicted octanol–water partition coefficient (Wildman–Crippen LogP) is 2.52. The van der Waals surface area contributed by atoms with Gasteiger partial charge in [0.05, 0.1) is 18.8 Å². The highest BCUT2D eigenvalue weighted by molar-refractivity contribution is 5.73. The molecule has 0 spiro atoms. The van der Waals surface area contributed by atoms with Crippen molar-refractivity contribution < 1.29 is 28.9 Å². The summed E-state index contributed by atoms with van der Waals surface area (Å²) in [6.07, 6.45) is -1.41. The first-order chi connectivity index (χ1) is 12.9. The normalized spacial score (nSPS) is 14.2. The Morgan fingerprint density at radius 1 is 1.11 bits per heavy atom. The largest absolute Gasteiger partial charge is 0.480 e. The molecule has 1 unspecified atom stereocenters. The molecule has 8 heteroatoms. The number of ether oxygens (including phenoxy) is 3. The number of amides is 1. The van der Waals surface area contributed by atoms with Crippen LogP contribution in [0.4, 0.5) is 4.79 Å². The van der Waals surface area contributed by atoms with Gasteiger partial charge in [-0.1, -0.05) is 30.3 Å². The van der Waals surface area contributed by atoms with Gasteiger partial charge in [0.1, 0.15) is 17.9 Å². The summed E-state index contributed by atoms with van der Waals surface area (Å²) in [5, 5.41) is 15.1. The lowest BCUT2D eigenvalue weighted by Crippen LogP contribution is -2.62. The molecule has 0 aliphatic rings. The number of methoxy groups -OCH3 is 1. The van der Waals surface area contributed by atoms with E-state index in [0.717, 1.165) is 5.56 Å². The third kappa shape index (κ3) is 8.69. The highest BCUT2D eigenvalue weighted by Crippen LogP contribution is 2.14. The summed E-state index contributed by atoms with van der Waals surface area (Å²) >= 11 is 0. The second-order valence-corrected chi connectivity index (χ2v) is 8.02. The Kier molecular flexibility index (Phi) is 8.87. The number of aliphatic carboxylic acids is 1. The minimum Gasteiger partial charge on any atom is -0.480 e. The summed E-state index contributed by atoms with van der Waals surface area (Å²) in [7, 11) is 1.43. The van der Waals surface area contributed by atoms with Gasteiger partial charge in [0.25, 0.3) is 0 Å². The molecule has 0 bridgehead atoms. The van der Waals surface area contributed by atoms with E-state index in [9.17, 15) is 14.7 Å². The fourth-order valence-electron chi connectivity index (χ4n) is 2.45. The first kappa shape index (κ1) is 23.9. The molecule has 0 aliphatic carbocycles. The summed E-state index contributed by atoms with van der Waals surface area (Å²) in [5.74, 6) is -1.08. The zero-order valence-electron chi connectivity index (χ0n) is 17.4. The maximum Gasteiger partial charge on any atom is 0.408 e. The molecule has 1 aromatic carbocycles. The fourth-order valence-corrected chi connectivity index (χ4v) is 2.45. The van der Waals surface area contributed by atoms with Crippen molar-refractivity contribution in [2.75, 3.05) is 13.7 Å². The zero-order chi connectivity index (χ0) is 21.4. The van der Waals surface area contributed by atoms with Gasteiger partial charge in [0, 0.05) is 7.11 Å². The molecule has 1 amide bonds. The lowest BCUT2D eigenvalue weighted by molar-refractivity contribution is -0.143. The van der Waals surface area contributed by atoms with Crippen LogP contribution in [0.25, 0.3) is 0 Å². The smallest absolute Gasteiger partial charge is 0.408 e. The molecule has 28 heavy (non-hydrogen) atoms. The van der Waals surface area contributed by atoms with Gasteiger partial charge in [0.15, 0.2) is 0 Å². The Morgan fingerprint density at radius 2 is 1.71 bits per heavy atom. The number of hydrogen-bond acceptors (Lipinski definition) is 6. The summed E-state index contributed by atoms with van der Waals surface area (Å²) in [5.41, 5.74) is -0.642. The van der Waals surface area contributed by atoms with Crippen LogP contribution in [-0.2, 0) is 25.6 Å². The second-order valence-electron chi connectivity index (χ2n) is 8.02. The third-order valence-electron chi connectivity index (χ3n) is 3.76. The minimum atomic E-state index is -1.08. The second kappa shape index (κ2) is 10.4. The monoisotopic (exact) mass is 396 g/mol. The molecule has 0 radical (unpaired) electrons. The number of benzene rings is 1. The van der Waals surface area contributed by atoms with Crippen molar-refractivity contribution >= 4 is 12.1 Å². The number of rotatable bonds is 10. The van der Waals surface area contributed by atoms with Crippen LogP contribution in [0, 0.1) is 0 Å². The summed E-state index contributed by atoms with van der Waals surface area (Å²) in [6, 6.07) is 8.45. The third-order valence-corrected chi connectivity index (χ3v) is 3.76. The van der Waals surface area contributed by atoms with E-state index in [1.54, 1.807) is 34.6 Å². The van der Waals surface area contributed by atoms with Crippen LogP contribution in [0.2, 0.25) is 0 Å². The number of carboxylic acid groups (broad SMARTS) is 1. The standard InChI is InChI=1S/C20H32N2O6/c1-19(2,3)28-18(25)22-20(4,5)17(26-6)21-15(16(23)24)13-27-12-14-10-8-7-9-11-14/h7-11,15,17,21H,12-13H2,1-6H3,(H,22,25)(H,23,24)/t15-,17?/m1/s1. The van der Waals surface area contributed by atoms with E-state index >= 15 is 0 Å². The lowest BCUT2D eigenvalue weighted by Gasteiger charge is -2.36. The van der Waals surface area contributed by atoms with Crippen LogP contribution >= 0.6 is 0 Å². The Bertz CT molecular complexity index is 627. The number of hydrogen-bond donors (Lipinski definition) is 3. The Hall–Kier alpha value is -2.16. The zero-order valence-corrected chi connectivity index (χ0v) is 17.4. The average Bonchev–Trinajstić information content (AvgIpc) is 2.56. The van der Waals surface area contributed by atoms with Gasteiger partial charge >= 0.3 is 12.1 Å². The van der Waals surface area contributed by atoms with E-state index < -0.39 is 35.5 Å². The van der Waals surface area contributed by atoms with E-state index in [0.29, 0.717) is 6.61 Å². The molecule has 158 valence electrons. The molecule has 1 rings (SSSR count). The summed E-state index contributed by atoms with van der Waals surface area (Å²) in [4.78, 5) is 23.7. The van der Waals surface area contributed by atoms with Crippen LogP contribution in [0.3, 0.4) is 0 Å². The molecule has 0 fully saturated rings. The van der Waals surface area contributed by atoms with Crippen molar-refractivity contribution in [2.45, 2.75) is 64.6 Å². The van der Waals surface area contributed by atoms with Gasteiger partial charge in [-0.25, -0.2) is 4.79 Å². The lowest BCUT2D eigenvalue weighted by atomic mass is 10.0. The number of alkyl carbamates (subject to hydrolysis) is 1. The minimum absolute atomic E-state index is 0.0629. The molecule has 8 nitrogen and oxygen atoms in total. The molecule has 1 aromatic rings. The van der Waals surface area contributed by atoms with Gasteiger partial charge in [0.2, 0.25) is 0 Å². The van der Waals surface area contributed by atoms with Crippen molar-refractivity contribution in [1.82, 2.24) is 10.6 Å². The molecule has 3 N–H and O–H groups in total. The predicted molar refractivity (Wildman–Crippen MR) is 105 cm³/mol. The number of carbonyl (C=O) groups is 2. The van der Waals surface area contributed by atoms with Crippen LogP contribution < -0.4 is 10.6 Å². The van der Waals surface area contributed by atoms with Crippen LogP contribution in [0.15, 0.2) is 30.3 Å². The van der Waals surface area contributed by atoms with Gasteiger partial charge in [-0.3, -0.25) is 10.1 Å². The number of nitrogens with one attached hydrogen (secondary N) is 2. The van der Waals surface area contributed by atoms with Gasteiger partial charge in [-0.2, -0.15) is 0 Å². The Morgan fingerprint density at radius 3 is 2.21 bits per heavy atom. The first-order valence-electron chi connectivity index (χ1n) is 9.09. The highest BCUT2D eigenvalue weighted by atomic mass is 16.6. The molecule has 2 atom stereocenters. The maximum atomic E-state index is 12.1. The van der Waals surface area contributed by atoms with E-state index in [-0.39, 0.29) is 6.61 Å². The van der Waals surface area contributed by atoms with Crippen LogP contribution in [0.5, 0.6) is 0 Å². The van der Waals surface area contributed by atoms with Crippen molar-refractivity contribution in [2.24, 2.45) is 0 Å². The van der Waals surface area contributed by atoms with E-state index in [2.05, 4.69) is 10.6 Å². The first-order valence-corrected chi connectivity index (χ1v) is 9.09. The highest BCUT2D eigenvalue weighted by Gasteiger charge is 2.36. The Labute approximate surface area is 166 Å². The molecule has 0 aromatic heterocycles. The topological polar surface area (TPSA) is 106 Å². The number of carboxylic acids is 1. The van der Waals surface area contributed by atoms with Gasteiger partial charge in [-0.05, 0) is 40.2 Å². The average molecular weight is 396 g/mol. The van der Waals surface area contributed by atoms with Crippen molar-refractivity contribution in [3.05, 3.63) is 35.9 Å². The van der Waals surface area contributed by atoms with Gasteiger partial charge < -0.3 is 24.6 Å². The SMILES string of the molecule is COC(N[C@H](COCc1ccccc1)C(=O)O)C(C)(C)NC(=O)OC(C)(C)C. The Balaban J connectivity index is 2.68. The molecular weight excluding hydrogens is 364 g/mol. The quantitative estimate of drug-likeness (QED) is 0.522. The molecular formula is C20H32N2O6. The molecule has 0 saturated heterocycles. The van der Waals surface area contributed by atoms with E-state index in [4.69, 9.17) is 14.2 Å². The number of carbonyl (C=O) groups excluding carboxylic acids is 1. The van der Waals surface area contributed by atoms with Crippen LogP contribution in [0.1, 0.15) is 40.2 Å². The van der Waals surface area contributed by atoms with Gasteiger partial charge in [-0.15, -0.1) is 0 Å². The van der Waals surface area contributed by atoms with Crippen molar-refractivity contribution in [3.63, 3.8) is 0 Å². The van der Waals surface area contributed by atoms with Crippen molar-refractivity contribution in [3.8, 4) is 0 Å². The maximum absolute atomic E-state index is 12.1. The summed E-state index contributed by atoms with van der Waals surface area (Å²) < 4.78 is 16.2. The van der Waals surface area contributed by atoms with E-state index in [1.807, 2.05) is 30.3 Å². The van der Waals surface area contributed by atoms with Crippen molar-refractivity contribution in [1.29, 1.82) is 0 Å². The summed E-state index contributed by atoms with van der Waals surface area (Å²) in [6.45, 7) is 8.93.